The van der Waals surface area contributed by atoms with E-state index in [0.29, 0.717) is 0 Å². The second-order valence-corrected chi connectivity index (χ2v) is 8.20. The van der Waals surface area contributed by atoms with Gasteiger partial charge in [0.2, 0.25) is 0 Å². The molecule has 0 spiro atoms. The molecule has 103 valence electrons. The third-order valence-electron chi connectivity index (χ3n) is 3.47. The number of allylic oxidation sites excluding steroid dienone is 4. The van der Waals surface area contributed by atoms with Crippen molar-refractivity contribution < 1.29 is 34.9 Å². The molecule has 0 amide bonds. The Morgan fingerprint density at radius 1 is 0.947 bits per heavy atom. The van der Waals surface area contributed by atoms with Gasteiger partial charge in [0.25, 0.3) is 0 Å². The maximum absolute atomic E-state index is 8.25. The summed E-state index contributed by atoms with van der Waals surface area (Å²) >= 11 is 1.60. The molecule has 0 bridgehead atoms. The van der Waals surface area contributed by atoms with Crippen LogP contribution in [0.3, 0.4) is 0 Å². The summed E-state index contributed by atoms with van der Waals surface area (Å²) in [6, 6.07) is 0. The van der Waals surface area contributed by atoms with Crippen LogP contribution in [0.25, 0.3) is 5.31 Å². The van der Waals surface area contributed by atoms with Gasteiger partial charge in [0.05, 0.1) is 0 Å². The zero-order valence-electron chi connectivity index (χ0n) is 12.6. The molecule has 0 fully saturated rings. The second-order valence-electron chi connectivity index (χ2n) is 4.23. The zero-order valence-corrected chi connectivity index (χ0v) is 16.0. The van der Waals surface area contributed by atoms with Gasteiger partial charge in [0.1, 0.15) is 0 Å². The number of hydrogen-bond acceptors (Lipinski definition) is 2. The van der Waals surface area contributed by atoms with Gasteiger partial charge in [-0.25, -0.2) is 0 Å². The van der Waals surface area contributed by atoms with E-state index in [1.807, 2.05) is 0 Å². The van der Waals surface area contributed by atoms with Crippen LogP contribution >= 0.6 is 7.53 Å². The fourth-order valence-corrected chi connectivity index (χ4v) is 6.36. The molecule has 0 aliphatic heterocycles. The molecule has 1 aliphatic carbocycles. The minimum atomic E-state index is -0.112. The van der Waals surface area contributed by atoms with Gasteiger partial charge in [-0.3, -0.25) is 0 Å². The molecule has 0 N–H and O–H groups in total. The maximum atomic E-state index is 8.25. The van der Waals surface area contributed by atoms with Gasteiger partial charge in [0.15, 0.2) is 0 Å². The molecule has 19 heavy (non-hydrogen) atoms. The van der Waals surface area contributed by atoms with Crippen molar-refractivity contribution in [2.45, 2.75) is 34.1 Å². The van der Waals surface area contributed by atoms with Crippen LogP contribution in [0, 0.1) is 27.7 Å². The molecular formula is C15H22O2PZr. The second kappa shape index (κ2) is 9.08. The van der Waals surface area contributed by atoms with Crippen LogP contribution in [-0.2, 0) is 24.7 Å². The summed E-state index contributed by atoms with van der Waals surface area (Å²) in [4.78, 5) is 0. The van der Waals surface area contributed by atoms with E-state index < -0.39 is 0 Å². The minimum absolute atomic E-state index is 0.112. The first kappa shape index (κ1) is 19.1. The van der Waals surface area contributed by atoms with Crippen LogP contribution in [0.15, 0.2) is 15.4 Å². The SMILES string of the molecule is C[O-].C[O-].Cc1c(C)c(C)p(C2=[C]([Zr+2])CC=C2)c1C. The molecule has 2 rings (SSSR count). The molecule has 1 heterocycles. The van der Waals surface area contributed by atoms with Gasteiger partial charge in [0, 0.05) is 0 Å². The third-order valence-corrected chi connectivity index (χ3v) is 8.06. The van der Waals surface area contributed by atoms with Crippen LogP contribution in [0.2, 0.25) is 0 Å². The molecule has 2 nitrogen and oxygen atoms in total. The van der Waals surface area contributed by atoms with Crippen molar-refractivity contribution in [1.29, 1.82) is 0 Å². The molecule has 4 heteroatoms. The molecule has 0 atom stereocenters. The Balaban J connectivity index is 0.000000741. The van der Waals surface area contributed by atoms with Gasteiger partial charge < -0.3 is 10.2 Å². The normalized spacial score (nSPS) is 12.9. The summed E-state index contributed by atoms with van der Waals surface area (Å²) in [7, 11) is 1.39. The van der Waals surface area contributed by atoms with E-state index in [2.05, 4.69) is 39.8 Å². The molecule has 0 aromatic carbocycles. The van der Waals surface area contributed by atoms with Gasteiger partial charge in [-0.1, -0.05) is 0 Å². The van der Waals surface area contributed by atoms with Crippen molar-refractivity contribution in [3.8, 4) is 0 Å². The van der Waals surface area contributed by atoms with E-state index in [-0.39, 0.29) is 7.53 Å². The summed E-state index contributed by atoms with van der Waals surface area (Å²) in [5.41, 5.74) is 3.07. The van der Waals surface area contributed by atoms with E-state index >= 15 is 0 Å². The zero-order chi connectivity index (χ0) is 15.2. The first-order valence-corrected chi connectivity index (χ1v) is 8.69. The first-order chi connectivity index (χ1) is 9.04. The van der Waals surface area contributed by atoms with E-state index in [1.54, 1.807) is 43.9 Å². The molecule has 0 unspecified atom stereocenters. The van der Waals surface area contributed by atoms with E-state index in [4.69, 9.17) is 10.2 Å². The van der Waals surface area contributed by atoms with Crippen molar-refractivity contribution in [3.05, 3.63) is 37.2 Å². The average molecular weight is 357 g/mol. The fourth-order valence-electron chi connectivity index (χ4n) is 2.19. The molecule has 0 saturated heterocycles. The van der Waals surface area contributed by atoms with E-state index in [1.165, 1.54) is 17.5 Å². The standard InChI is InChI=1S/C13H16P.2CH3O.Zr/c1-9-10(2)12(4)14(11(9)3)13-7-5-6-8-13;2*1-2;/h5,7H,6H2,1-4H3;2*1H3;/q;2*-1;+2. The Bertz CT molecular complexity index is 459. The fraction of sp³-hybridized carbons (Fsp3) is 0.467. The third kappa shape index (κ3) is 4.02. The van der Waals surface area contributed by atoms with Crippen molar-refractivity contribution >= 4 is 12.8 Å². The van der Waals surface area contributed by atoms with Crippen molar-refractivity contribution in [2.75, 3.05) is 14.2 Å². The average Bonchev–Trinajstić information content (AvgIpc) is 2.94. The Kier molecular flexibility index (Phi) is 9.11. The summed E-state index contributed by atoms with van der Waals surface area (Å²) in [5.74, 6) is 0. The number of rotatable bonds is 1. The van der Waals surface area contributed by atoms with Crippen LogP contribution in [0.1, 0.15) is 28.1 Å². The molecular weight excluding hydrogens is 334 g/mol. The molecule has 1 aromatic rings. The Morgan fingerprint density at radius 3 is 1.68 bits per heavy atom. The monoisotopic (exact) mass is 355 g/mol. The van der Waals surface area contributed by atoms with Crippen LogP contribution < -0.4 is 10.2 Å². The van der Waals surface area contributed by atoms with Gasteiger partial charge >= 0.3 is 109 Å². The van der Waals surface area contributed by atoms with Gasteiger partial charge in [-0.15, -0.1) is 0 Å². The van der Waals surface area contributed by atoms with Gasteiger partial charge in [-0.05, 0) is 0 Å². The Hall–Kier alpha value is 0.0631. The molecule has 0 radical (unpaired) electrons. The van der Waals surface area contributed by atoms with E-state index in [0.717, 1.165) is 14.2 Å². The Labute approximate surface area is 133 Å². The number of hydrogen-bond donors (Lipinski definition) is 0. The predicted octanol–water partition coefficient (Wildman–Crippen LogP) is 2.54. The quantitative estimate of drug-likeness (QED) is 0.776. The summed E-state index contributed by atoms with van der Waals surface area (Å²) in [5, 5.41) is 21.4. The molecule has 1 aromatic heterocycles. The summed E-state index contributed by atoms with van der Waals surface area (Å²) in [6.45, 7) is 9.20. The van der Waals surface area contributed by atoms with Crippen molar-refractivity contribution in [1.82, 2.24) is 0 Å². The summed E-state index contributed by atoms with van der Waals surface area (Å²) in [6.07, 6.45) is 5.89. The molecule has 0 saturated carbocycles. The molecule has 1 aliphatic rings. The van der Waals surface area contributed by atoms with E-state index in [9.17, 15) is 0 Å². The van der Waals surface area contributed by atoms with Crippen LogP contribution in [-0.4, -0.2) is 14.2 Å². The predicted molar refractivity (Wildman–Crippen MR) is 76.9 cm³/mol. The van der Waals surface area contributed by atoms with Crippen LogP contribution in [0.5, 0.6) is 0 Å². The van der Waals surface area contributed by atoms with Crippen molar-refractivity contribution in [2.24, 2.45) is 0 Å². The summed E-state index contributed by atoms with van der Waals surface area (Å²) < 4.78 is 1.66. The van der Waals surface area contributed by atoms with Gasteiger partial charge in [-0.2, -0.15) is 14.2 Å². The first-order valence-electron chi connectivity index (χ1n) is 6.12. The Morgan fingerprint density at radius 2 is 1.37 bits per heavy atom. The topological polar surface area (TPSA) is 46.1 Å². The van der Waals surface area contributed by atoms with Crippen LogP contribution in [0.4, 0.5) is 0 Å². The van der Waals surface area contributed by atoms with Crippen molar-refractivity contribution in [3.63, 3.8) is 0 Å².